The third-order valence-corrected chi connectivity index (χ3v) is 2.05. The fourth-order valence-corrected chi connectivity index (χ4v) is 1.49. The van der Waals surface area contributed by atoms with Gasteiger partial charge >= 0.3 is 6.16 Å². The minimum atomic E-state index is -0.639. The smallest absolute Gasteiger partial charge is 0.431 e. The van der Waals surface area contributed by atoms with Gasteiger partial charge in [-0.05, 0) is 31.4 Å². The van der Waals surface area contributed by atoms with Gasteiger partial charge in [-0.15, -0.1) is 0 Å². The Hall–Kier alpha value is -1.51. The number of hydrogen-bond donors (Lipinski definition) is 0. The van der Waals surface area contributed by atoms with E-state index in [0.29, 0.717) is 11.7 Å². The molecule has 0 aromatic heterocycles. The molecule has 0 saturated heterocycles. The van der Waals surface area contributed by atoms with Crippen LogP contribution >= 0.6 is 0 Å². The first-order chi connectivity index (χ1) is 7.58. The van der Waals surface area contributed by atoms with Crippen LogP contribution in [-0.4, -0.2) is 12.3 Å². The molecule has 0 aliphatic rings. The monoisotopic (exact) mass is 222 g/mol. The van der Waals surface area contributed by atoms with Gasteiger partial charge in [0.15, 0.2) is 0 Å². The van der Waals surface area contributed by atoms with E-state index in [1.165, 1.54) is 0 Å². The fraction of sp³-hybridized carbons (Fsp3) is 0.462. The quantitative estimate of drug-likeness (QED) is 0.576. The Morgan fingerprint density at radius 3 is 2.38 bits per heavy atom. The first kappa shape index (κ1) is 12.6. The highest BCUT2D eigenvalue weighted by molar-refractivity contribution is 5.63. The third kappa shape index (κ3) is 4.82. The highest BCUT2D eigenvalue weighted by atomic mass is 16.7. The number of benzene rings is 1. The second kappa shape index (κ2) is 6.16. The molecule has 0 radical (unpaired) electrons. The van der Waals surface area contributed by atoms with Crippen LogP contribution in [0.3, 0.4) is 0 Å². The van der Waals surface area contributed by atoms with Crippen molar-refractivity contribution in [3.63, 3.8) is 0 Å². The molecule has 0 aliphatic carbocycles. The molecule has 1 unspecified atom stereocenters. The van der Waals surface area contributed by atoms with Crippen LogP contribution in [0.15, 0.2) is 30.3 Å². The summed E-state index contributed by atoms with van der Waals surface area (Å²) in [4.78, 5) is 11.4. The molecule has 0 heterocycles. The maximum absolute atomic E-state index is 11.4. The topological polar surface area (TPSA) is 35.5 Å². The first-order valence-corrected chi connectivity index (χ1v) is 5.51. The number of ether oxygens (including phenoxy) is 2. The molecule has 0 bridgehead atoms. The lowest BCUT2D eigenvalue weighted by molar-refractivity contribution is 0.0574. The average molecular weight is 222 g/mol. The Morgan fingerprint density at radius 1 is 1.19 bits per heavy atom. The Balaban J connectivity index is 2.36. The minimum absolute atomic E-state index is 0.115. The highest BCUT2D eigenvalue weighted by Crippen LogP contribution is 2.12. The van der Waals surface area contributed by atoms with E-state index >= 15 is 0 Å². The molecule has 1 aromatic carbocycles. The average Bonchev–Trinajstić information content (AvgIpc) is 2.17. The van der Waals surface area contributed by atoms with E-state index in [-0.39, 0.29) is 6.10 Å². The number of para-hydroxylation sites is 1. The molecule has 1 rings (SSSR count). The van der Waals surface area contributed by atoms with Crippen molar-refractivity contribution in [3.05, 3.63) is 30.3 Å². The van der Waals surface area contributed by atoms with Crippen molar-refractivity contribution in [1.29, 1.82) is 0 Å². The van der Waals surface area contributed by atoms with Gasteiger partial charge in [0.25, 0.3) is 0 Å². The molecule has 0 amide bonds. The molecular weight excluding hydrogens is 204 g/mol. The predicted octanol–water partition coefficient (Wildman–Crippen LogP) is 3.64. The van der Waals surface area contributed by atoms with Crippen molar-refractivity contribution in [3.8, 4) is 5.75 Å². The summed E-state index contributed by atoms with van der Waals surface area (Å²) >= 11 is 0. The van der Waals surface area contributed by atoms with Crippen LogP contribution in [0, 0.1) is 5.92 Å². The summed E-state index contributed by atoms with van der Waals surface area (Å²) in [6.45, 7) is 6.04. The van der Waals surface area contributed by atoms with Gasteiger partial charge in [0.05, 0.1) is 0 Å². The van der Waals surface area contributed by atoms with Crippen molar-refractivity contribution in [2.45, 2.75) is 33.3 Å². The molecule has 0 fully saturated rings. The fourth-order valence-electron chi connectivity index (χ4n) is 1.49. The Kier molecular flexibility index (Phi) is 4.83. The molecule has 88 valence electrons. The lowest BCUT2D eigenvalue weighted by Gasteiger charge is -2.14. The summed E-state index contributed by atoms with van der Waals surface area (Å²) in [5.74, 6) is 1.00. The lowest BCUT2D eigenvalue weighted by Crippen LogP contribution is -2.19. The standard InChI is InChI=1S/C13H18O3/c1-10(2)9-11(3)15-13(14)16-12-7-5-4-6-8-12/h4-8,10-11H,9H2,1-3H3. The van der Waals surface area contributed by atoms with Gasteiger partial charge in [0.2, 0.25) is 0 Å². The van der Waals surface area contributed by atoms with E-state index in [2.05, 4.69) is 13.8 Å². The van der Waals surface area contributed by atoms with Gasteiger partial charge in [-0.2, -0.15) is 0 Å². The SMILES string of the molecule is CC(C)CC(C)OC(=O)Oc1ccccc1. The number of carbonyl (C=O) groups excluding carboxylic acids is 1. The van der Waals surface area contributed by atoms with E-state index in [1.807, 2.05) is 13.0 Å². The molecule has 0 saturated carbocycles. The summed E-state index contributed by atoms with van der Waals surface area (Å²) in [7, 11) is 0. The molecule has 3 nitrogen and oxygen atoms in total. The van der Waals surface area contributed by atoms with E-state index in [1.54, 1.807) is 24.3 Å². The van der Waals surface area contributed by atoms with Crippen LogP contribution in [0.2, 0.25) is 0 Å². The van der Waals surface area contributed by atoms with Gasteiger partial charge in [-0.1, -0.05) is 32.0 Å². The minimum Gasteiger partial charge on any atom is -0.431 e. The van der Waals surface area contributed by atoms with Crippen molar-refractivity contribution >= 4 is 6.16 Å². The van der Waals surface area contributed by atoms with Crippen molar-refractivity contribution < 1.29 is 14.3 Å². The zero-order valence-electron chi connectivity index (χ0n) is 9.97. The molecule has 1 atom stereocenters. The molecule has 0 N–H and O–H groups in total. The molecule has 1 aromatic rings. The van der Waals surface area contributed by atoms with Crippen LogP contribution in [0.1, 0.15) is 27.2 Å². The van der Waals surface area contributed by atoms with E-state index in [0.717, 1.165) is 6.42 Å². The maximum Gasteiger partial charge on any atom is 0.514 e. The summed E-state index contributed by atoms with van der Waals surface area (Å²) < 4.78 is 10.1. The summed E-state index contributed by atoms with van der Waals surface area (Å²) in [6.07, 6.45) is 0.0831. The van der Waals surface area contributed by atoms with Crippen LogP contribution in [0.4, 0.5) is 4.79 Å². The predicted molar refractivity (Wildman–Crippen MR) is 62.5 cm³/mol. The molecule has 0 spiro atoms. The second-order valence-corrected chi connectivity index (χ2v) is 4.22. The second-order valence-electron chi connectivity index (χ2n) is 4.22. The Bertz CT molecular complexity index is 319. The van der Waals surface area contributed by atoms with Crippen molar-refractivity contribution in [1.82, 2.24) is 0 Å². The number of rotatable bonds is 4. The Labute approximate surface area is 96.4 Å². The zero-order chi connectivity index (χ0) is 12.0. The van der Waals surface area contributed by atoms with Gasteiger partial charge in [-0.25, -0.2) is 4.79 Å². The largest absolute Gasteiger partial charge is 0.514 e. The molecule has 3 heteroatoms. The third-order valence-electron chi connectivity index (χ3n) is 2.05. The normalized spacial score (nSPS) is 12.2. The van der Waals surface area contributed by atoms with Gasteiger partial charge < -0.3 is 9.47 Å². The zero-order valence-corrected chi connectivity index (χ0v) is 9.97. The summed E-state index contributed by atoms with van der Waals surface area (Å²) in [6, 6.07) is 8.91. The lowest BCUT2D eigenvalue weighted by atomic mass is 10.1. The number of carbonyl (C=O) groups is 1. The van der Waals surface area contributed by atoms with E-state index < -0.39 is 6.16 Å². The van der Waals surface area contributed by atoms with Crippen LogP contribution < -0.4 is 4.74 Å². The van der Waals surface area contributed by atoms with Gasteiger partial charge in [0, 0.05) is 0 Å². The van der Waals surface area contributed by atoms with Crippen LogP contribution in [0.25, 0.3) is 0 Å². The highest BCUT2D eigenvalue weighted by Gasteiger charge is 2.12. The number of hydrogen-bond acceptors (Lipinski definition) is 3. The molecular formula is C13H18O3. The Morgan fingerprint density at radius 2 is 1.81 bits per heavy atom. The summed E-state index contributed by atoms with van der Waals surface area (Å²) in [5.41, 5.74) is 0. The summed E-state index contributed by atoms with van der Waals surface area (Å²) in [5, 5.41) is 0. The molecule has 0 aliphatic heterocycles. The van der Waals surface area contributed by atoms with E-state index in [9.17, 15) is 4.79 Å². The first-order valence-electron chi connectivity index (χ1n) is 5.51. The van der Waals surface area contributed by atoms with Crippen LogP contribution in [-0.2, 0) is 4.74 Å². The molecule has 16 heavy (non-hydrogen) atoms. The van der Waals surface area contributed by atoms with Crippen LogP contribution in [0.5, 0.6) is 5.75 Å². The maximum atomic E-state index is 11.4. The van der Waals surface area contributed by atoms with Crippen molar-refractivity contribution in [2.75, 3.05) is 0 Å². The van der Waals surface area contributed by atoms with E-state index in [4.69, 9.17) is 9.47 Å². The van der Waals surface area contributed by atoms with Gasteiger partial charge in [0.1, 0.15) is 11.9 Å². The van der Waals surface area contributed by atoms with Crippen molar-refractivity contribution in [2.24, 2.45) is 5.92 Å². The van der Waals surface area contributed by atoms with Gasteiger partial charge in [-0.3, -0.25) is 0 Å².